The molecule has 1 aromatic rings. The molecule has 1 aromatic heterocycles. The van der Waals surface area contributed by atoms with Gasteiger partial charge in [0.15, 0.2) is 5.43 Å². The average molecular weight is 296 g/mol. The lowest BCUT2D eigenvalue weighted by molar-refractivity contribution is -0.136. The fraction of sp³-hybridized carbons (Fsp3) is 0.333. The van der Waals surface area contributed by atoms with E-state index in [0.29, 0.717) is 5.69 Å². The van der Waals surface area contributed by atoms with Crippen LogP contribution in [0, 0.1) is 0 Å². The molecule has 7 heteroatoms. The molecule has 0 bridgehead atoms. The zero-order valence-electron chi connectivity index (χ0n) is 7.97. The summed E-state index contributed by atoms with van der Waals surface area (Å²) in [6.07, 6.45) is -3.61. The van der Waals surface area contributed by atoms with E-state index >= 15 is 0 Å². The Morgan fingerprint density at radius 2 is 2.19 bits per heavy atom. The molecule has 0 aromatic carbocycles. The van der Waals surface area contributed by atoms with Crippen LogP contribution in [0.2, 0.25) is 0 Å². The molecule has 0 fully saturated rings. The van der Waals surface area contributed by atoms with Gasteiger partial charge < -0.3 is 10.1 Å². The quantitative estimate of drug-likeness (QED) is 0.833. The van der Waals surface area contributed by atoms with Crippen LogP contribution >= 0.6 is 15.9 Å². The molecule has 1 rings (SSSR count). The lowest BCUT2D eigenvalue weighted by atomic mass is 10.1. The van der Waals surface area contributed by atoms with Crippen molar-refractivity contribution in [3.05, 3.63) is 33.2 Å². The van der Waals surface area contributed by atoms with E-state index in [1.165, 1.54) is 0 Å². The number of nitrogens with one attached hydrogen (secondary N) is 1. The van der Waals surface area contributed by atoms with Crippen LogP contribution in [-0.4, -0.2) is 16.1 Å². The van der Waals surface area contributed by atoms with Crippen molar-refractivity contribution < 1.29 is 18.7 Å². The van der Waals surface area contributed by atoms with Gasteiger partial charge in [0.05, 0.1) is 12.0 Å². The number of halogens is 3. The predicted octanol–water partition coefficient (Wildman–Crippen LogP) is 1.83. The maximum absolute atomic E-state index is 12.5. The smallest absolute Gasteiger partial charge is 0.309 e. The SMILES string of the molecule is O=C(O)Cc1[nH]c(CBr)cc(=O)c1C(F)F. The van der Waals surface area contributed by atoms with Gasteiger partial charge in [-0.25, -0.2) is 8.78 Å². The van der Waals surface area contributed by atoms with Crippen LogP contribution in [0.3, 0.4) is 0 Å². The topological polar surface area (TPSA) is 70.2 Å². The number of rotatable bonds is 4. The Balaban J connectivity index is 3.34. The van der Waals surface area contributed by atoms with Gasteiger partial charge in [0, 0.05) is 22.8 Å². The summed E-state index contributed by atoms with van der Waals surface area (Å²) >= 11 is 3.05. The first kappa shape index (κ1) is 12.8. The normalized spacial score (nSPS) is 10.8. The van der Waals surface area contributed by atoms with Crippen LogP contribution in [-0.2, 0) is 16.5 Å². The molecule has 0 aliphatic rings. The van der Waals surface area contributed by atoms with Gasteiger partial charge >= 0.3 is 5.97 Å². The molecule has 0 unspecified atom stereocenters. The van der Waals surface area contributed by atoms with Gasteiger partial charge in [0.2, 0.25) is 0 Å². The average Bonchev–Trinajstić information content (AvgIpc) is 2.14. The fourth-order valence-electron chi connectivity index (χ4n) is 1.28. The number of carboxylic acids is 1. The number of hydrogen-bond acceptors (Lipinski definition) is 2. The summed E-state index contributed by atoms with van der Waals surface area (Å²) in [5, 5.41) is 8.81. The predicted molar refractivity (Wildman–Crippen MR) is 56.0 cm³/mol. The molecule has 0 spiro atoms. The Kier molecular flexibility index (Phi) is 4.17. The van der Waals surface area contributed by atoms with Crippen molar-refractivity contribution in [3.63, 3.8) is 0 Å². The van der Waals surface area contributed by atoms with Crippen LogP contribution in [0.25, 0.3) is 0 Å². The van der Waals surface area contributed by atoms with Crippen molar-refractivity contribution in [1.29, 1.82) is 0 Å². The monoisotopic (exact) mass is 295 g/mol. The van der Waals surface area contributed by atoms with Gasteiger partial charge in [0.1, 0.15) is 0 Å². The summed E-state index contributed by atoms with van der Waals surface area (Å²) in [7, 11) is 0. The summed E-state index contributed by atoms with van der Waals surface area (Å²) in [6.45, 7) is 0. The standard InChI is InChI=1S/C9H8BrF2NO3/c10-3-4-1-6(14)8(9(11)12)5(13-4)2-7(15)16/h1,9H,2-3H2,(H,13,14)(H,15,16). The van der Waals surface area contributed by atoms with E-state index in [2.05, 4.69) is 20.9 Å². The molecule has 0 saturated carbocycles. The van der Waals surface area contributed by atoms with Crippen molar-refractivity contribution in [3.8, 4) is 0 Å². The molecule has 16 heavy (non-hydrogen) atoms. The third-order valence-corrected chi connectivity index (χ3v) is 2.50. The number of alkyl halides is 3. The molecule has 0 aliphatic carbocycles. The minimum absolute atomic E-state index is 0.246. The summed E-state index contributed by atoms with van der Waals surface area (Å²) < 4.78 is 25.1. The number of aliphatic carboxylic acids is 1. The second kappa shape index (κ2) is 5.20. The Hall–Kier alpha value is -1.24. The summed E-state index contributed by atoms with van der Waals surface area (Å²) in [5.74, 6) is -1.27. The summed E-state index contributed by atoms with van der Waals surface area (Å²) in [6, 6.07) is 1.03. The highest BCUT2D eigenvalue weighted by Gasteiger charge is 2.20. The summed E-state index contributed by atoms with van der Waals surface area (Å²) in [4.78, 5) is 24.3. The van der Waals surface area contributed by atoms with Gasteiger partial charge in [-0.15, -0.1) is 0 Å². The second-order valence-corrected chi connectivity index (χ2v) is 3.62. The first-order chi connectivity index (χ1) is 7.45. The zero-order chi connectivity index (χ0) is 12.3. The van der Waals surface area contributed by atoms with Crippen LogP contribution in [0.5, 0.6) is 0 Å². The summed E-state index contributed by atoms with van der Waals surface area (Å²) in [5.41, 5.74) is -1.50. The Bertz CT molecular complexity index is 459. The van der Waals surface area contributed by atoms with E-state index in [1.54, 1.807) is 0 Å². The largest absolute Gasteiger partial charge is 0.481 e. The first-order valence-corrected chi connectivity index (χ1v) is 5.38. The molecule has 0 saturated heterocycles. The third kappa shape index (κ3) is 2.88. The van der Waals surface area contributed by atoms with Gasteiger partial charge in [-0.2, -0.15) is 0 Å². The number of pyridine rings is 1. The minimum Gasteiger partial charge on any atom is -0.481 e. The van der Waals surface area contributed by atoms with Crippen LogP contribution in [0.15, 0.2) is 10.9 Å². The van der Waals surface area contributed by atoms with Crippen LogP contribution in [0.1, 0.15) is 23.4 Å². The molecule has 0 radical (unpaired) electrons. The van der Waals surface area contributed by atoms with Crippen molar-refractivity contribution in [2.24, 2.45) is 0 Å². The number of carboxylic acid groups (broad SMARTS) is 1. The van der Waals surface area contributed by atoms with Crippen LogP contribution < -0.4 is 5.43 Å². The molecule has 0 aliphatic heterocycles. The van der Waals surface area contributed by atoms with E-state index in [-0.39, 0.29) is 11.0 Å². The Morgan fingerprint density at radius 3 is 2.62 bits per heavy atom. The lowest BCUT2D eigenvalue weighted by Crippen LogP contribution is -2.18. The van der Waals surface area contributed by atoms with Gasteiger partial charge in [-0.3, -0.25) is 9.59 Å². The van der Waals surface area contributed by atoms with Crippen molar-refractivity contribution in [1.82, 2.24) is 4.98 Å². The highest BCUT2D eigenvalue weighted by Crippen LogP contribution is 2.19. The molecule has 0 amide bonds. The first-order valence-electron chi connectivity index (χ1n) is 4.26. The van der Waals surface area contributed by atoms with E-state index in [9.17, 15) is 18.4 Å². The van der Waals surface area contributed by atoms with Crippen molar-refractivity contribution >= 4 is 21.9 Å². The molecule has 4 nitrogen and oxygen atoms in total. The zero-order valence-corrected chi connectivity index (χ0v) is 9.55. The van der Waals surface area contributed by atoms with Crippen molar-refractivity contribution in [2.75, 3.05) is 0 Å². The maximum atomic E-state index is 12.5. The minimum atomic E-state index is -2.98. The molecule has 1 heterocycles. The van der Waals surface area contributed by atoms with Gasteiger partial charge in [-0.05, 0) is 0 Å². The van der Waals surface area contributed by atoms with Crippen molar-refractivity contribution in [2.45, 2.75) is 18.2 Å². The highest BCUT2D eigenvalue weighted by molar-refractivity contribution is 9.08. The third-order valence-electron chi connectivity index (χ3n) is 1.90. The number of hydrogen-bond donors (Lipinski definition) is 2. The number of H-pyrrole nitrogens is 1. The van der Waals surface area contributed by atoms with E-state index in [1.807, 2.05) is 0 Å². The number of carbonyl (C=O) groups is 1. The van der Waals surface area contributed by atoms with Gasteiger partial charge in [0.25, 0.3) is 6.43 Å². The van der Waals surface area contributed by atoms with Gasteiger partial charge in [-0.1, -0.05) is 15.9 Å². The van der Waals surface area contributed by atoms with E-state index in [0.717, 1.165) is 6.07 Å². The lowest BCUT2D eigenvalue weighted by Gasteiger charge is -2.08. The molecular weight excluding hydrogens is 288 g/mol. The number of aromatic amines is 1. The fourth-order valence-corrected chi connectivity index (χ4v) is 1.59. The molecule has 88 valence electrons. The Labute approximate surface area is 97.4 Å². The molecular formula is C9H8BrF2NO3. The maximum Gasteiger partial charge on any atom is 0.309 e. The van der Waals surface area contributed by atoms with E-state index in [4.69, 9.17) is 5.11 Å². The molecule has 0 atom stereocenters. The highest BCUT2D eigenvalue weighted by atomic mass is 79.9. The number of aromatic nitrogens is 1. The van der Waals surface area contributed by atoms with Crippen LogP contribution in [0.4, 0.5) is 8.78 Å². The Morgan fingerprint density at radius 1 is 1.56 bits per heavy atom. The molecule has 2 N–H and O–H groups in total. The second-order valence-electron chi connectivity index (χ2n) is 3.06. The van der Waals surface area contributed by atoms with E-state index < -0.39 is 29.8 Å².